The van der Waals surface area contributed by atoms with Gasteiger partial charge in [-0.3, -0.25) is 10.1 Å². The fourth-order valence-electron chi connectivity index (χ4n) is 1.46. The number of nitro groups is 1. The molecule has 0 bridgehead atoms. The second-order valence-corrected chi connectivity index (χ2v) is 7.43. The van der Waals surface area contributed by atoms with Crippen molar-refractivity contribution in [3.05, 3.63) is 32.3 Å². The quantitative estimate of drug-likeness (QED) is 0.413. The van der Waals surface area contributed by atoms with Crippen LogP contribution in [0.25, 0.3) is 0 Å². The van der Waals surface area contributed by atoms with E-state index < -0.39 is 25.7 Å². The number of nitrogens with zero attached hydrogens (tertiary/aromatic N) is 2. The van der Waals surface area contributed by atoms with E-state index in [1.807, 2.05) is 0 Å². The zero-order valence-electron chi connectivity index (χ0n) is 10.3. The molecule has 0 spiro atoms. The third-order valence-electron chi connectivity index (χ3n) is 2.51. The van der Waals surface area contributed by atoms with Gasteiger partial charge in [-0.1, -0.05) is 39.1 Å². The molecule has 0 amide bonds. The number of hydrogen-bond acceptors (Lipinski definition) is 4. The van der Waals surface area contributed by atoms with E-state index in [1.54, 1.807) is 0 Å². The highest BCUT2D eigenvalue weighted by Gasteiger charge is 2.30. The van der Waals surface area contributed by atoms with Gasteiger partial charge >= 0.3 is 5.69 Å². The SMILES string of the molecule is CN(CCCBr)S(=O)(=O)c1ccc(Cl)c([N+](=O)[O-])c1Cl. The Morgan fingerprint density at radius 3 is 2.50 bits per heavy atom. The summed E-state index contributed by atoms with van der Waals surface area (Å²) in [6, 6.07) is 2.31. The van der Waals surface area contributed by atoms with E-state index in [4.69, 9.17) is 23.2 Å². The van der Waals surface area contributed by atoms with E-state index in [0.29, 0.717) is 11.8 Å². The van der Waals surface area contributed by atoms with Crippen LogP contribution in [0.4, 0.5) is 5.69 Å². The Labute approximate surface area is 135 Å². The number of hydrogen-bond donors (Lipinski definition) is 0. The van der Waals surface area contributed by atoms with Crippen molar-refractivity contribution in [3.63, 3.8) is 0 Å². The van der Waals surface area contributed by atoms with E-state index in [2.05, 4.69) is 15.9 Å². The van der Waals surface area contributed by atoms with Crippen LogP contribution < -0.4 is 0 Å². The number of alkyl halides is 1. The first-order valence-electron chi connectivity index (χ1n) is 5.38. The van der Waals surface area contributed by atoms with Gasteiger partial charge in [0.05, 0.1) is 4.92 Å². The summed E-state index contributed by atoms with van der Waals surface area (Å²) in [7, 11) is -2.51. The molecule has 0 N–H and O–H groups in total. The Morgan fingerprint density at radius 2 is 2.00 bits per heavy atom. The van der Waals surface area contributed by atoms with E-state index in [9.17, 15) is 18.5 Å². The number of halogens is 3. The molecular formula is C10H11BrCl2N2O4S. The van der Waals surface area contributed by atoms with Crippen molar-refractivity contribution in [2.75, 3.05) is 18.9 Å². The molecule has 1 aromatic carbocycles. The summed E-state index contributed by atoms with van der Waals surface area (Å²) in [6.07, 6.45) is 0.600. The van der Waals surface area contributed by atoms with Gasteiger partial charge in [0.15, 0.2) is 0 Å². The molecular weight excluding hydrogens is 395 g/mol. The summed E-state index contributed by atoms with van der Waals surface area (Å²) < 4.78 is 25.7. The Balaban J connectivity index is 3.33. The number of benzene rings is 1. The standard InChI is InChI=1S/C10H11BrCl2N2O4S/c1-14(6-2-5-11)20(18,19)8-4-3-7(12)10(9(8)13)15(16)17/h3-4H,2,5-6H2,1H3. The monoisotopic (exact) mass is 404 g/mol. The van der Waals surface area contributed by atoms with Crippen molar-refractivity contribution in [1.29, 1.82) is 0 Å². The normalized spacial score (nSPS) is 11.8. The fraction of sp³-hybridized carbons (Fsp3) is 0.400. The maximum Gasteiger partial charge on any atom is 0.307 e. The van der Waals surface area contributed by atoms with Crippen LogP contribution in [0, 0.1) is 10.1 Å². The molecule has 0 aliphatic heterocycles. The molecule has 0 radical (unpaired) electrons. The average molecular weight is 406 g/mol. The molecule has 0 aliphatic rings. The molecule has 10 heteroatoms. The van der Waals surface area contributed by atoms with Crippen LogP contribution in [0.2, 0.25) is 10.0 Å². The van der Waals surface area contributed by atoms with Crippen LogP contribution in [-0.2, 0) is 10.0 Å². The molecule has 112 valence electrons. The molecule has 1 aromatic rings. The molecule has 20 heavy (non-hydrogen) atoms. The minimum Gasteiger partial charge on any atom is -0.258 e. The van der Waals surface area contributed by atoms with Crippen LogP contribution in [0.15, 0.2) is 17.0 Å². The van der Waals surface area contributed by atoms with Gasteiger partial charge in [-0.05, 0) is 18.6 Å². The largest absolute Gasteiger partial charge is 0.307 e. The van der Waals surface area contributed by atoms with Gasteiger partial charge in [-0.15, -0.1) is 0 Å². The van der Waals surface area contributed by atoms with Crippen LogP contribution >= 0.6 is 39.1 Å². The topological polar surface area (TPSA) is 80.5 Å². The highest BCUT2D eigenvalue weighted by Crippen LogP contribution is 2.37. The van der Waals surface area contributed by atoms with Crippen LogP contribution in [-0.4, -0.2) is 36.6 Å². The van der Waals surface area contributed by atoms with Crippen molar-refractivity contribution in [1.82, 2.24) is 4.31 Å². The highest BCUT2D eigenvalue weighted by atomic mass is 79.9. The smallest absolute Gasteiger partial charge is 0.258 e. The maximum atomic E-state index is 12.3. The van der Waals surface area contributed by atoms with Crippen molar-refractivity contribution in [2.24, 2.45) is 0 Å². The lowest BCUT2D eigenvalue weighted by Gasteiger charge is -2.17. The number of nitro benzene ring substituents is 1. The molecule has 6 nitrogen and oxygen atoms in total. The Morgan fingerprint density at radius 1 is 1.40 bits per heavy atom. The van der Waals surface area contributed by atoms with Gasteiger partial charge in [-0.2, -0.15) is 0 Å². The lowest BCUT2D eigenvalue weighted by atomic mass is 10.3. The van der Waals surface area contributed by atoms with Crippen molar-refractivity contribution in [3.8, 4) is 0 Å². The second kappa shape index (κ2) is 7.04. The summed E-state index contributed by atoms with van der Waals surface area (Å²) in [6.45, 7) is 0.264. The van der Waals surface area contributed by atoms with Gasteiger partial charge in [0, 0.05) is 18.9 Å². The van der Waals surface area contributed by atoms with E-state index in [0.717, 1.165) is 16.4 Å². The highest BCUT2D eigenvalue weighted by molar-refractivity contribution is 9.09. The third kappa shape index (κ3) is 3.62. The lowest BCUT2D eigenvalue weighted by Crippen LogP contribution is -2.28. The maximum absolute atomic E-state index is 12.3. The Kier molecular flexibility index (Phi) is 6.21. The van der Waals surface area contributed by atoms with Crippen LogP contribution in [0.5, 0.6) is 0 Å². The third-order valence-corrected chi connectivity index (χ3v) is 5.77. The zero-order valence-corrected chi connectivity index (χ0v) is 14.3. The first-order valence-corrected chi connectivity index (χ1v) is 8.70. The van der Waals surface area contributed by atoms with Crippen LogP contribution in [0.1, 0.15) is 6.42 Å². The molecule has 0 saturated heterocycles. The first-order chi connectivity index (χ1) is 9.23. The summed E-state index contributed by atoms with van der Waals surface area (Å²) in [5.41, 5.74) is -0.608. The van der Waals surface area contributed by atoms with E-state index >= 15 is 0 Å². The molecule has 0 atom stereocenters. The molecule has 1 rings (SSSR count). The van der Waals surface area contributed by atoms with Gasteiger partial charge < -0.3 is 0 Å². The predicted octanol–water partition coefficient (Wildman–Crippen LogP) is 3.31. The van der Waals surface area contributed by atoms with E-state index in [-0.39, 0.29) is 16.5 Å². The lowest BCUT2D eigenvalue weighted by molar-refractivity contribution is -0.384. The summed E-state index contributed by atoms with van der Waals surface area (Å²) in [4.78, 5) is 9.76. The molecule has 0 fully saturated rings. The molecule has 0 saturated carbocycles. The van der Waals surface area contributed by atoms with Crippen molar-refractivity contribution >= 4 is 54.8 Å². The Bertz CT molecular complexity index is 624. The Hall–Kier alpha value is -0.410. The fourth-order valence-corrected chi connectivity index (χ4v) is 3.78. The summed E-state index contributed by atoms with van der Waals surface area (Å²) in [5, 5.41) is 10.8. The first kappa shape index (κ1) is 17.6. The minimum absolute atomic E-state index is 0.206. The van der Waals surface area contributed by atoms with E-state index in [1.165, 1.54) is 7.05 Å². The predicted molar refractivity (Wildman–Crippen MR) is 81.3 cm³/mol. The van der Waals surface area contributed by atoms with Gasteiger partial charge in [0.2, 0.25) is 10.0 Å². The van der Waals surface area contributed by atoms with Crippen molar-refractivity contribution in [2.45, 2.75) is 11.3 Å². The minimum atomic E-state index is -3.90. The molecule has 0 heterocycles. The zero-order chi connectivity index (χ0) is 15.5. The molecule has 0 aromatic heterocycles. The van der Waals surface area contributed by atoms with Gasteiger partial charge in [-0.25, -0.2) is 12.7 Å². The number of sulfonamides is 1. The van der Waals surface area contributed by atoms with Crippen LogP contribution in [0.3, 0.4) is 0 Å². The summed E-state index contributed by atoms with van der Waals surface area (Å²) >= 11 is 14.7. The summed E-state index contributed by atoms with van der Waals surface area (Å²) in [5.74, 6) is 0. The average Bonchev–Trinajstić information content (AvgIpc) is 2.34. The second-order valence-electron chi connectivity index (χ2n) is 3.83. The van der Waals surface area contributed by atoms with Gasteiger partial charge in [0.25, 0.3) is 0 Å². The molecule has 0 aliphatic carbocycles. The van der Waals surface area contributed by atoms with Gasteiger partial charge in [0.1, 0.15) is 14.9 Å². The van der Waals surface area contributed by atoms with Crippen molar-refractivity contribution < 1.29 is 13.3 Å². The molecule has 0 unspecified atom stereocenters. The number of rotatable bonds is 6.